The summed E-state index contributed by atoms with van der Waals surface area (Å²) in [5, 5.41) is 8.35. The smallest absolute Gasteiger partial charge is 0.315 e. The first-order chi connectivity index (χ1) is 12.5. The number of rotatable bonds is 7. The summed E-state index contributed by atoms with van der Waals surface area (Å²) >= 11 is 3.46. The van der Waals surface area contributed by atoms with E-state index >= 15 is 0 Å². The summed E-state index contributed by atoms with van der Waals surface area (Å²) in [6, 6.07) is 12.6. The van der Waals surface area contributed by atoms with E-state index in [-0.39, 0.29) is 23.8 Å². The molecule has 26 heavy (non-hydrogen) atoms. The first-order valence-corrected chi connectivity index (χ1v) is 9.09. The summed E-state index contributed by atoms with van der Waals surface area (Å²) in [5.74, 6) is -0.648. The van der Waals surface area contributed by atoms with E-state index in [9.17, 15) is 14.0 Å². The highest BCUT2D eigenvalue weighted by atomic mass is 79.9. The van der Waals surface area contributed by atoms with Crippen LogP contribution in [0.5, 0.6) is 0 Å². The molecule has 0 aliphatic carbocycles. The van der Waals surface area contributed by atoms with E-state index in [1.165, 1.54) is 24.3 Å². The van der Waals surface area contributed by atoms with E-state index in [2.05, 4.69) is 31.9 Å². The number of halogens is 2. The Hall–Kier alpha value is -2.41. The number of benzene rings is 2. The molecule has 0 aromatic heterocycles. The van der Waals surface area contributed by atoms with Crippen molar-refractivity contribution in [3.8, 4) is 0 Å². The van der Waals surface area contributed by atoms with Gasteiger partial charge in [0.1, 0.15) is 5.82 Å². The van der Waals surface area contributed by atoms with Crippen molar-refractivity contribution in [3.63, 3.8) is 0 Å². The molecule has 5 nitrogen and oxygen atoms in total. The van der Waals surface area contributed by atoms with Gasteiger partial charge in [0.15, 0.2) is 0 Å². The molecule has 0 bridgehead atoms. The monoisotopic (exact) mass is 421 g/mol. The highest BCUT2D eigenvalue weighted by Crippen LogP contribution is 2.22. The number of amides is 3. The molecule has 0 aliphatic heterocycles. The number of carbonyl (C=O) groups is 2. The first kappa shape index (κ1) is 19.9. The fraction of sp³-hybridized carbons (Fsp3) is 0.263. The summed E-state index contributed by atoms with van der Waals surface area (Å²) in [4.78, 5) is 23.8. The molecule has 2 aromatic carbocycles. The van der Waals surface area contributed by atoms with Crippen molar-refractivity contribution in [3.05, 3.63) is 69.9 Å². The molecule has 0 radical (unpaired) electrons. The quantitative estimate of drug-likeness (QED) is 0.595. The van der Waals surface area contributed by atoms with Crippen LogP contribution in [0.3, 0.4) is 0 Å². The van der Waals surface area contributed by atoms with E-state index in [1.54, 1.807) is 0 Å². The Labute approximate surface area is 160 Å². The van der Waals surface area contributed by atoms with Gasteiger partial charge < -0.3 is 16.0 Å². The molecule has 138 valence electrons. The highest BCUT2D eigenvalue weighted by molar-refractivity contribution is 9.10. The lowest BCUT2D eigenvalue weighted by molar-refractivity contribution is 0.0953. The Kier molecular flexibility index (Phi) is 7.59. The molecule has 0 fully saturated rings. The van der Waals surface area contributed by atoms with Crippen molar-refractivity contribution >= 4 is 27.9 Å². The van der Waals surface area contributed by atoms with Gasteiger partial charge in [0.05, 0.1) is 6.04 Å². The van der Waals surface area contributed by atoms with Crippen molar-refractivity contribution in [1.29, 1.82) is 0 Å². The number of hydrogen-bond donors (Lipinski definition) is 3. The second-order valence-electron chi connectivity index (χ2n) is 5.76. The standard InChI is InChI=1S/C19H21BrFN3O2/c1-13(16-5-2-3-6-17(16)20)24-19(26)23-12-4-11-22-18(25)14-7-9-15(21)10-8-14/h2-3,5-10,13H,4,11-12H2,1H3,(H,22,25)(H2,23,24,26). The van der Waals surface area contributed by atoms with E-state index in [1.807, 2.05) is 31.2 Å². The predicted molar refractivity (Wildman–Crippen MR) is 102 cm³/mol. The Bertz CT molecular complexity index is 753. The molecule has 1 atom stereocenters. The van der Waals surface area contributed by atoms with Crippen molar-refractivity contribution in [1.82, 2.24) is 16.0 Å². The average Bonchev–Trinajstić information content (AvgIpc) is 2.62. The maximum absolute atomic E-state index is 12.8. The topological polar surface area (TPSA) is 70.2 Å². The normalized spacial score (nSPS) is 11.5. The Morgan fingerprint density at radius 1 is 1.04 bits per heavy atom. The molecule has 1 unspecified atom stereocenters. The van der Waals surface area contributed by atoms with E-state index in [4.69, 9.17) is 0 Å². The number of carbonyl (C=O) groups excluding carboxylic acids is 2. The van der Waals surface area contributed by atoms with Gasteiger partial charge in [-0.3, -0.25) is 4.79 Å². The molecule has 0 saturated heterocycles. The van der Waals surface area contributed by atoms with E-state index in [0.717, 1.165) is 10.0 Å². The molecule has 0 saturated carbocycles. The summed E-state index contributed by atoms with van der Waals surface area (Å²) in [6.45, 7) is 2.75. The largest absolute Gasteiger partial charge is 0.352 e. The van der Waals surface area contributed by atoms with Gasteiger partial charge in [0.25, 0.3) is 5.91 Å². The van der Waals surface area contributed by atoms with Gasteiger partial charge >= 0.3 is 6.03 Å². The molecule has 0 spiro atoms. The summed E-state index contributed by atoms with van der Waals surface area (Å²) in [7, 11) is 0. The molecule has 2 rings (SSSR count). The van der Waals surface area contributed by atoms with Crippen molar-refractivity contribution in [2.45, 2.75) is 19.4 Å². The van der Waals surface area contributed by atoms with Gasteiger partial charge in [-0.05, 0) is 49.2 Å². The van der Waals surface area contributed by atoms with Gasteiger partial charge in [0.2, 0.25) is 0 Å². The minimum atomic E-state index is -0.381. The van der Waals surface area contributed by atoms with Crippen LogP contribution in [0.15, 0.2) is 53.0 Å². The van der Waals surface area contributed by atoms with Gasteiger partial charge in [-0.1, -0.05) is 34.1 Å². The molecule has 7 heteroatoms. The first-order valence-electron chi connectivity index (χ1n) is 8.30. The number of nitrogens with one attached hydrogen (secondary N) is 3. The summed E-state index contributed by atoms with van der Waals surface area (Å²) in [6.07, 6.45) is 0.587. The lowest BCUT2D eigenvalue weighted by Gasteiger charge is -2.16. The lowest BCUT2D eigenvalue weighted by Crippen LogP contribution is -2.38. The molecule has 0 aliphatic rings. The van der Waals surface area contributed by atoms with Crippen LogP contribution in [0, 0.1) is 5.82 Å². The van der Waals surface area contributed by atoms with Gasteiger partial charge in [0, 0.05) is 23.1 Å². The third-order valence-electron chi connectivity index (χ3n) is 3.75. The van der Waals surface area contributed by atoms with E-state index < -0.39 is 0 Å². The predicted octanol–water partition coefficient (Wildman–Crippen LogP) is 3.77. The minimum absolute atomic E-state index is 0.135. The van der Waals surface area contributed by atoms with E-state index in [0.29, 0.717) is 25.1 Å². The average molecular weight is 422 g/mol. The summed E-state index contributed by atoms with van der Waals surface area (Å²) < 4.78 is 13.8. The van der Waals surface area contributed by atoms with Crippen LogP contribution in [0.4, 0.5) is 9.18 Å². The minimum Gasteiger partial charge on any atom is -0.352 e. The second kappa shape index (κ2) is 9.91. The number of urea groups is 1. The van der Waals surface area contributed by atoms with Crippen molar-refractivity contribution in [2.24, 2.45) is 0 Å². The van der Waals surface area contributed by atoms with Crippen LogP contribution in [0.1, 0.15) is 35.3 Å². The third-order valence-corrected chi connectivity index (χ3v) is 4.47. The lowest BCUT2D eigenvalue weighted by atomic mass is 10.1. The molecular formula is C19H21BrFN3O2. The van der Waals surface area contributed by atoms with Crippen LogP contribution in [-0.4, -0.2) is 25.0 Å². The Balaban J connectivity index is 1.65. The molecule has 3 amide bonds. The molecular weight excluding hydrogens is 401 g/mol. The third kappa shape index (κ3) is 6.15. The second-order valence-corrected chi connectivity index (χ2v) is 6.61. The van der Waals surface area contributed by atoms with Crippen LogP contribution < -0.4 is 16.0 Å². The zero-order valence-corrected chi connectivity index (χ0v) is 16.0. The fourth-order valence-corrected chi connectivity index (χ4v) is 2.98. The van der Waals surface area contributed by atoms with Gasteiger partial charge in [-0.2, -0.15) is 0 Å². The Morgan fingerprint density at radius 3 is 2.38 bits per heavy atom. The van der Waals surface area contributed by atoms with Crippen LogP contribution >= 0.6 is 15.9 Å². The maximum atomic E-state index is 12.8. The SMILES string of the molecule is CC(NC(=O)NCCCNC(=O)c1ccc(F)cc1)c1ccccc1Br. The van der Waals surface area contributed by atoms with Gasteiger partial charge in [-0.25, -0.2) is 9.18 Å². The summed E-state index contributed by atoms with van der Waals surface area (Å²) in [5.41, 5.74) is 1.40. The Morgan fingerprint density at radius 2 is 1.69 bits per heavy atom. The number of hydrogen-bond acceptors (Lipinski definition) is 2. The zero-order chi connectivity index (χ0) is 18.9. The van der Waals surface area contributed by atoms with Crippen LogP contribution in [-0.2, 0) is 0 Å². The highest BCUT2D eigenvalue weighted by Gasteiger charge is 2.11. The molecule has 2 aromatic rings. The molecule has 0 heterocycles. The van der Waals surface area contributed by atoms with Crippen molar-refractivity contribution in [2.75, 3.05) is 13.1 Å². The maximum Gasteiger partial charge on any atom is 0.315 e. The van der Waals surface area contributed by atoms with Gasteiger partial charge in [-0.15, -0.1) is 0 Å². The zero-order valence-electron chi connectivity index (χ0n) is 14.4. The van der Waals surface area contributed by atoms with Crippen LogP contribution in [0.2, 0.25) is 0 Å². The van der Waals surface area contributed by atoms with Crippen molar-refractivity contribution < 1.29 is 14.0 Å². The fourth-order valence-electron chi connectivity index (χ4n) is 2.35. The molecule has 3 N–H and O–H groups in total. The van der Waals surface area contributed by atoms with Crippen LogP contribution in [0.25, 0.3) is 0 Å².